The van der Waals surface area contributed by atoms with Crippen LogP contribution in [-0.4, -0.2) is 42.7 Å². The van der Waals surface area contributed by atoms with Crippen LogP contribution in [0, 0.1) is 23.1 Å². The summed E-state index contributed by atoms with van der Waals surface area (Å²) in [7, 11) is 0. The summed E-state index contributed by atoms with van der Waals surface area (Å²) in [4.78, 5) is 26.0. The van der Waals surface area contributed by atoms with Crippen molar-refractivity contribution in [1.82, 2.24) is 19.8 Å². The molecule has 0 aliphatic heterocycles. The van der Waals surface area contributed by atoms with Gasteiger partial charge in [-0.05, 0) is 120 Å². The summed E-state index contributed by atoms with van der Waals surface area (Å²) in [5.74, 6) is -2.08. The molecule has 0 bridgehead atoms. The molecule has 5 rings (SSSR count). The first kappa shape index (κ1) is 41.3. The highest BCUT2D eigenvalue weighted by Gasteiger charge is 2.40. The number of carbonyl (C=O) groups is 2. The number of nitriles is 1. The molecule has 4 aromatic rings. The second-order valence-electron chi connectivity index (χ2n) is 15.5. The summed E-state index contributed by atoms with van der Waals surface area (Å²) in [6.07, 6.45) is -3.30. The van der Waals surface area contributed by atoms with Gasteiger partial charge in [-0.2, -0.15) is 23.5 Å². The smallest absolute Gasteiger partial charge is 0.435 e. The fourth-order valence-electron chi connectivity index (χ4n) is 5.90. The molecule has 0 radical (unpaired) electrons. The van der Waals surface area contributed by atoms with E-state index in [4.69, 9.17) is 4.74 Å². The van der Waals surface area contributed by atoms with Gasteiger partial charge in [0.05, 0.1) is 29.0 Å². The number of hydrogen-bond donors (Lipinski definition) is 3. The van der Waals surface area contributed by atoms with E-state index in [1.54, 1.807) is 51.1 Å². The zero-order chi connectivity index (χ0) is 40.3. The summed E-state index contributed by atoms with van der Waals surface area (Å²) < 4.78 is 79.4. The summed E-state index contributed by atoms with van der Waals surface area (Å²) in [5, 5.41) is 18.4. The van der Waals surface area contributed by atoms with E-state index in [1.165, 1.54) is 30.3 Å². The Morgan fingerprint density at radius 3 is 2.33 bits per heavy atom. The lowest BCUT2D eigenvalue weighted by Crippen LogP contribution is -2.46. The minimum atomic E-state index is -4.91. The lowest BCUT2D eigenvalue weighted by molar-refractivity contribution is -0.141. The second kappa shape index (κ2) is 16.4. The third kappa shape index (κ3) is 11.1. The molecule has 15 heteroatoms. The van der Waals surface area contributed by atoms with Crippen molar-refractivity contribution < 1.29 is 36.4 Å². The number of anilines is 1. The molecule has 1 heterocycles. The van der Waals surface area contributed by atoms with Crippen LogP contribution in [0.15, 0.2) is 72.8 Å². The lowest BCUT2D eigenvalue weighted by atomic mass is 9.84. The molecule has 1 aliphatic rings. The normalized spacial score (nSPS) is 15.1. The number of alkyl carbamates (subject to hydrolysis) is 1. The van der Waals surface area contributed by atoms with Gasteiger partial charge in [-0.15, -0.1) is 4.72 Å². The van der Waals surface area contributed by atoms with Crippen LogP contribution in [0.25, 0.3) is 5.69 Å². The SMILES string of the molecule is CC(C)(C)OC(=O)NCc1cccc(-n2nc(C(F)(F)F)cc2C(=O)Nc2cc(C(CC(N[S@+]([O-])C(C)(C)C)C3CC3)c3cccc(C#N)c3)ccc2F)c1. The van der Waals surface area contributed by atoms with Crippen LogP contribution in [0.4, 0.5) is 28.0 Å². The van der Waals surface area contributed by atoms with Crippen molar-refractivity contribution in [2.45, 2.75) is 95.8 Å². The quantitative estimate of drug-likeness (QED) is 0.0966. The maximum Gasteiger partial charge on any atom is 0.435 e. The number of nitrogens with one attached hydrogen (secondary N) is 3. The van der Waals surface area contributed by atoms with Crippen molar-refractivity contribution in [1.29, 1.82) is 5.26 Å². The minimum absolute atomic E-state index is 0.0304. The molecule has 292 valence electrons. The summed E-state index contributed by atoms with van der Waals surface area (Å²) >= 11 is -1.38. The van der Waals surface area contributed by atoms with Crippen molar-refractivity contribution in [3.63, 3.8) is 0 Å². The highest BCUT2D eigenvalue weighted by atomic mass is 32.2. The van der Waals surface area contributed by atoms with Crippen LogP contribution in [-0.2, 0) is 28.8 Å². The highest BCUT2D eigenvalue weighted by molar-refractivity contribution is 7.90. The van der Waals surface area contributed by atoms with Crippen LogP contribution in [0.2, 0.25) is 0 Å². The van der Waals surface area contributed by atoms with Gasteiger partial charge in [0.25, 0.3) is 5.91 Å². The van der Waals surface area contributed by atoms with E-state index in [9.17, 15) is 32.6 Å². The summed E-state index contributed by atoms with van der Waals surface area (Å²) in [6.45, 7) is 10.7. The predicted molar refractivity (Wildman–Crippen MR) is 201 cm³/mol. The van der Waals surface area contributed by atoms with Gasteiger partial charge in [0, 0.05) is 29.9 Å². The monoisotopic (exact) mass is 780 g/mol. The molecular weight excluding hydrogens is 737 g/mol. The highest BCUT2D eigenvalue weighted by Crippen LogP contribution is 2.41. The second-order valence-corrected chi connectivity index (χ2v) is 17.5. The maximum absolute atomic E-state index is 15.5. The molecule has 3 atom stereocenters. The largest absolute Gasteiger partial charge is 0.598 e. The minimum Gasteiger partial charge on any atom is -0.598 e. The number of rotatable bonds is 12. The summed E-state index contributed by atoms with van der Waals surface area (Å²) in [6, 6.07) is 19.7. The van der Waals surface area contributed by atoms with Gasteiger partial charge < -0.3 is 19.9 Å². The fourth-order valence-corrected chi connectivity index (χ4v) is 6.82. The first-order valence-corrected chi connectivity index (χ1v) is 18.9. The van der Waals surface area contributed by atoms with Gasteiger partial charge in [-0.3, -0.25) is 4.79 Å². The van der Waals surface area contributed by atoms with E-state index >= 15 is 4.39 Å². The molecule has 1 saturated carbocycles. The number of ether oxygens (including phenoxy) is 1. The van der Waals surface area contributed by atoms with E-state index in [0.717, 1.165) is 23.1 Å². The average Bonchev–Trinajstić information content (AvgIpc) is 3.85. The lowest BCUT2D eigenvalue weighted by Gasteiger charge is -2.30. The number of nitrogens with zero attached hydrogens (tertiary/aromatic N) is 3. The van der Waals surface area contributed by atoms with Gasteiger partial charge in [-0.1, -0.05) is 30.3 Å². The number of amides is 2. The van der Waals surface area contributed by atoms with Crippen molar-refractivity contribution in [2.24, 2.45) is 5.92 Å². The van der Waals surface area contributed by atoms with Crippen LogP contribution in [0.3, 0.4) is 0 Å². The van der Waals surface area contributed by atoms with Gasteiger partial charge in [-0.25, -0.2) is 13.9 Å². The molecule has 10 nitrogen and oxygen atoms in total. The van der Waals surface area contributed by atoms with Crippen LogP contribution in [0.5, 0.6) is 0 Å². The molecule has 2 unspecified atom stereocenters. The zero-order valence-electron chi connectivity index (χ0n) is 31.4. The molecule has 1 aromatic heterocycles. The molecule has 1 fully saturated rings. The Hall–Kier alpha value is -4.91. The Balaban J connectivity index is 1.47. The van der Waals surface area contributed by atoms with Crippen LogP contribution in [0.1, 0.15) is 105 Å². The van der Waals surface area contributed by atoms with Crippen LogP contribution >= 0.6 is 0 Å². The molecule has 1 aliphatic carbocycles. The van der Waals surface area contributed by atoms with Gasteiger partial charge in [0.2, 0.25) is 0 Å². The van der Waals surface area contributed by atoms with E-state index in [1.807, 2.05) is 26.8 Å². The third-order valence-corrected chi connectivity index (χ3v) is 10.4. The molecule has 3 N–H and O–H groups in total. The van der Waals surface area contributed by atoms with Crippen LogP contribution < -0.4 is 15.4 Å². The number of carbonyl (C=O) groups excluding carboxylic acids is 2. The number of alkyl halides is 3. The number of aromatic nitrogens is 2. The van der Waals surface area contributed by atoms with Gasteiger partial charge in [0.15, 0.2) is 5.69 Å². The Bertz CT molecular complexity index is 2060. The van der Waals surface area contributed by atoms with E-state index < -0.39 is 63.0 Å². The van der Waals surface area contributed by atoms with Crippen molar-refractivity contribution >= 4 is 29.0 Å². The average molecular weight is 781 g/mol. The maximum atomic E-state index is 15.5. The fraction of sp³-hybridized carbons (Fsp3) is 0.400. The number of halogens is 4. The summed E-state index contributed by atoms with van der Waals surface area (Å²) in [5.41, 5.74) is -0.606. The molecule has 0 saturated heterocycles. The van der Waals surface area contributed by atoms with Crippen molar-refractivity contribution in [3.8, 4) is 11.8 Å². The van der Waals surface area contributed by atoms with Gasteiger partial charge >= 0.3 is 12.3 Å². The van der Waals surface area contributed by atoms with Crippen molar-refractivity contribution in [3.05, 3.63) is 112 Å². The van der Waals surface area contributed by atoms with E-state index in [0.29, 0.717) is 29.2 Å². The Morgan fingerprint density at radius 2 is 1.69 bits per heavy atom. The molecule has 3 aromatic carbocycles. The van der Waals surface area contributed by atoms with E-state index in [-0.39, 0.29) is 29.9 Å². The first-order chi connectivity index (χ1) is 25.7. The topological polar surface area (TPSA) is 144 Å². The van der Waals surface area contributed by atoms with Crippen molar-refractivity contribution in [2.75, 3.05) is 5.32 Å². The molecule has 2 amide bonds. The molecular formula is C40H44F4N6O4S. The Kier molecular flexibility index (Phi) is 12.3. The molecule has 0 spiro atoms. The Morgan fingerprint density at radius 1 is 1.00 bits per heavy atom. The van der Waals surface area contributed by atoms with Gasteiger partial charge in [0.1, 0.15) is 21.9 Å². The Labute approximate surface area is 321 Å². The zero-order valence-corrected chi connectivity index (χ0v) is 32.2. The first-order valence-electron chi connectivity index (χ1n) is 17.7. The standard InChI is InChI=1S/C40H44F4N6O4S/c1-38(2,3)54-37(52)46-23-25-10-8-12-29(18-25)50-34(21-35(48-50)40(42,43)44)36(51)47-33-19-28(15-16-31(33)41)30(27-11-7-9-24(17-27)22-45)20-32(26-13-14-26)49-55(53)39(4,5)6/h7-12,15-19,21,26,30,32,49H,13-14,20,23H2,1-6H3,(H,46,52)(H,47,51)/t30?,32?,55-/m1/s1. The number of hydrogen-bond acceptors (Lipinski definition) is 7. The third-order valence-electron chi connectivity index (χ3n) is 8.78. The molecule has 55 heavy (non-hydrogen) atoms. The van der Waals surface area contributed by atoms with E-state index in [2.05, 4.69) is 26.5 Å². The predicted octanol–water partition coefficient (Wildman–Crippen LogP) is 8.53. The number of benzene rings is 3.